The maximum absolute atomic E-state index is 12.3. The number of anilines is 1. The summed E-state index contributed by atoms with van der Waals surface area (Å²) in [5.41, 5.74) is 3.89. The smallest absolute Gasteiger partial charge is 0.262 e. The van der Waals surface area contributed by atoms with Crippen molar-refractivity contribution in [1.82, 2.24) is 0 Å². The van der Waals surface area contributed by atoms with E-state index in [4.69, 9.17) is 9.47 Å². The summed E-state index contributed by atoms with van der Waals surface area (Å²) in [6.07, 6.45) is 1.77. The van der Waals surface area contributed by atoms with E-state index in [1.807, 2.05) is 67.6 Å². The lowest BCUT2D eigenvalue weighted by Gasteiger charge is -2.14. The average Bonchev–Trinajstić information content (AvgIpc) is 2.77. The van der Waals surface area contributed by atoms with Crippen molar-refractivity contribution >= 4 is 39.2 Å². The number of methoxy groups -OCH3 is 1. The van der Waals surface area contributed by atoms with Gasteiger partial charge in [-0.25, -0.2) is 0 Å². The van der Waals surface area contributed by atoms with Crippen molar-refractivity contribution in [2.45, 2.75) is 6.92 Å². The summed E-state index contributed by atoms with van der Waals surface area (Å²) in [6, 6.07) is 22.8. The van der Waals surface area contributed by atoms with E-state index < -0.39 is 0 Å². The van der Waals surface area contributed by atoms with Gasteiger partial charge in [0, 0.05) is 5.69 Å². The number of nitriles is 1. The SMILES string of the molecule is COc1cc(/C=C(\C#N)c2ccccc2)cc(Br)c1OCC(=O)Nc1cccc(C)c1. The Morgan fingerprint density at radius 2 is 1.90 bits per heavy atom. The number of nitrogens with zero attached hydrogens (tertiary/aromatic N) is 1. The van der Waals surface area contributed by atoms with Crippen LogP contribution in [0.15, 0.2) is 71.2 Å². The number of carbonyl (C=O) groups is 1. The van der Waals surface area contributed by atoms with Gasteiger partial charge in [0.2, 0.25) is 0 Å². The highest BCUT2D eigenvalue weighted by Gasteiger charge is 2.14. The average molecular weight is 477 g/mol. The minimum absolute atomic E-state index is 0.175. The molecule has 0 unspecified atom stereocenters. The monoisotopic (exact) mass is 476 g/mol. The molecule has 1 N–H and O–H groups in total. The van der Waals surface area contributed by atoms with Gasteiger partial charge in [-0.2, -0.15) is 5.26 Å². The summed E-state index contributed by atoms with van der Waals surface area (Å²) < 4.78 is 11.8. The van der Waals surface area contributed by atoms with E-state index in [1.165, 1.54) is 7.11 Å². The van der Waals surface area contributed by atoms with Crippen molar-refractivity contribution < 1.29 is 14.3 Å². The fraction of sp³-hybridized carbons (Fsp3) is 0.120. The van der Waals surface area contributed by atoms with E-state index in [2.05, 4.69) is 27.3 Å². The Bertz CT molecular complexity index is 1150. The molecule has 0 saturated heterocycles. The first-order valence-corrected chi connectivity index (χ1v) is 10.3. The summed E-state index contributed by atoms with van der Waals surface area (Å²) in [5.74, 6) is 0.589. The van der Waals surface area contributed by atoms with Gasteiger partial charge in [-0.1, -0.05) is 42.5 Å². The molecule has 3 rings (SSSR count). The van der Waals surface area contributed by atoms with Crippen LogP contribution in [0.4, 0.5) is 5.69 Å². The minimum Gasteiger partial charge on any atom is -0.493 e. The number of aryl methyl sites for hydroxylation is 1. The molecule has 5 nitrogen and oxygen atoms in total. The Hall–Kier alpha value is -3.56. The molecule has 0 atom stereocenters. The maximum Gasteiger partial charge on any atom is 0.262 e. The third-order valence-electron chi connectivity index (χ3n) is 4.42. The van der Waals surface area contributed by atoms with Gasteiger partial charge in [0.1, 0.15) is 0 Å². The van der Waals surface area contributed by atoms with Crippen LogP contribution in [0.1, 0.15) is 16.7 Å². The summed E-state index contributed by atoms with van der Waals surface area (Å²) in [6.45, 7) is 1.78. The molecular formula is C25H21BrN2O3. The summed E-state index contributed by atoms with van der Waals surface area (Å²) in [5, 5.41) is 12.4. The Morgan fingerprint density at radius 3 is 2.58 bits per heavy atom. The molecule has 6 heteroatoms. The first-order valence-electron chi connectivity index (χ1n) is 9.54. The molecule has 3 aromatic rings. The van der Waals surface area contributed by atoms with Gasteiger partial charge in [0.15, 0.2) is 18.1 Å². The van der Waals surface area contributed by atoms with Crippen LogP contribution in [-0.2, 0) is 4.79 Å². The van der Waals surface area contributed by atoms with E-state index in [9.17, 15) is 10.1 Å². The first kappa shape index (κ1) is 22.1. The minimum atomic E-state index is -0.278. The molecule has 3 aromatic carbocycles. The number of benzene rings is 3. The molecule has 0 aliphatic rings. The van der Waals surface area contributed by atoms with Crippen LogP contribution in [-0.4, -0.2) is 19.6 Å². The highest BCUT2D eigenvalue weighted by molar-refractivity contribution is 9.10. The van der Waals surface area contributed by atoms with Gasteiger partial charge in [-0.3, -0.25) is 4.79 Å². The second-order valence-electron chi connectivity index (χ2n) is 6.78. The van der Waals surface area contributed by atoms with Crippen LogP contribution >= 0.6 is 15.9 Å². The van der Waals surface area contributed by atoms with Gasteiger partial charge in [-0.05, 0) is 69.9 Å². The lowest BCUT2D eigenvalue weighted by Crippen LogP contribution is -2.20. The van der Waals surface area contributed by atoms with Crippen LogP contribution < -0.4 is 14.8 Å². The number of halogens is 1. The van der Waals surface area contributed by atoms with E-state index in [0.29, 0.717) is 27.2 Å². The highest BCUT2D eigenvalue weighted by Crippen LogP contribution is 2.37. The fourth-order valence-corrected chi connectivity index (χ4v) is 3.56. The van der Waals surface area contributed by atoms with Crippen LogP contribution in [0.5, 0.6) is 11.5 Å². The predicted molar refractivity (Wildman–Crippen MR) is 126 cm³/mol. The fourth-order valence-electron chi connectivity index (χ4n) is 2.99. The number of nitrogens with one attached hydrogen (secondary N) is 1. The van der Waals surface area contributed by atoms with Crippen molar-refractivity contribution in [2.75, 3.05) is 19.0 Å². The Kier molecular flexibility index (Phi) is 7.47. The van der Waals surface area contributed by atoms with Crippen molar-refractivity contribution in [2.24, 2.45) is 0 Å². The van der Waals surface area contributed by atoms with E-state index in [-0.39, 0.29) is 12.5 Å². The lowest BCUT2D eigenvalue weighted by molar-refractivity contribution is -0.118. The molecule has 0 saturated carbocycles. The molecule has 156 valence electrons. The van der Waals surface area contributed by atoms with E-state index in [1.54, 1.807) is 12.1 Å². The topological polar surface area (TPSA) is 71.3 Å². The van der Waals surface area contributed by atoms with Crippen LogP contribution in [0, 0.1) is 18.3 Å². The second-order valence-corrected chi connectivity index (χ2v) is 7.63. The van der Waals surface area contributed by atoms with E-state index in [0.717, 1.165) is 16.7 Å². The number of rotatable bonds is 7. The number of amides is 1. The molecule has 0 radical (unpaired) electrons. The third-order valence-corrected chi connectivity index (χ3v) is 5.01. The van der Waals surface area contributed by atoms with Crippen molar-refractivity contribution in [3.8, 4) is 17.6 Å². The molecule has 0 aromatic heterocycles. The first-order chi connectivity index (χ1) is 15.0. The second kappa shape index (κ2) is 10.5. The zero-order valence-corrected chi connectivity index (χ0v) is 18.8. The molecule has 0 fully saturated rings. The lowest BCUT2D eigenvalue weighted by atomic mass is 10.0. The molecule has 1 amide bonds. The third kappa shape index (κ3) is 5.97. The molecule has 0 bridgehead atoms. The maximum atomic E-state index is 12.3. The number of ether oxygens (including phenoxy) is 2. The molecule has 0 spiro atoms. The summed E-state index contributed by atoms with van der Waals surface area (Å²) in [7, 11) is 1.53. The summed E-state index contributed by atoms with van der Waals surface area (Å²) >= 11 is 3.48. The molecule has 0 aliphatic carbocycles. The van der Waals surface area contributed by atoms with Crippen LogP contribution in [0.2, 0.25) is 0 Å². The van der Waals surface area contributed by atoms with Gasteiger partial charge < -0.3 is 14.8 Å². The standard InChI is InChI=1S/C25H21BrN2O3/c1-17-7-6-10-21(11-17)28-24(29)16-31-25-22(26)13-18(14-23(25)30-2)12-20(15-27)19-8-4-3-5-9-19/h3-14H,16H2,1-2H3,(H,28,29)/b20-12+. The van der Waals surface area contributed by atoms with Gasteiger partial charge >= 0.3 is 0 Å². The molecule has 31 heavy (non-hydrogen) atoms. The highest BCUT2D eigenvalue weighted by atomic mass is 79.9. The summed E-state index contributed by atoms with van der Waals surface area (Å²) in [4.78, 5) is 12.3. The normalized spacial score (nSPS) is 10.8. The Balaban J connectivity index is 1.77. The van der Waals surface area contributed by atoms with Gasteiger partial charge in [0.05, 0.1) is 23.2 Å². The van der Waals surface area contributed by atoms with Gasteiger partial charge in [0.25, 0.3) is 5.91 Å². The number of allylic oxidation sites excluding steroid dienone is 1. The van der Waals surface area contributed by atoms with Crippen molar-refractivity contribution in [3.05, 3.63) is 87.9 Å². The zero-order valence-electron chi connectivity index (χ0n) is 17.2. The molecule has 0 aliphatic heterocycles. The number of hydrogen-bond acceptors (Lipinski definition) is 4. The number of hydrogen-bond donors (Lipinski definition) is 1. The Morgan fingerprint density at radius 1 is 1.13 bits per heavy atom. The van der Waals surface area contributed by atoms with Gasteiger partial charge in [-0.15, -0.1) is 0 Å². The zero-order chi connectivity index (χ0) is 22.2. The molecule has 0 heterocycles. The number of carbonyl (C=O) groups excluding carboxylic acids is 1. The molecular weight excluding hydrogens is 456 g/mol. The largest absolute Gasteiger partial charge is 0.493 e. The van der Waals surface area contributed by atoms with Crippen molar-refractivity contribution in [3.63, 3.8) is 0 Å². The van der Waals surface area contributed by atoms with Crippen LogP contribution in [0.25, 0.3) is 11.6 Å². The van der Waals surface area contributed by atoms with Crippen LogP contribution in [0.3, 0.4) is 0 Å². The quantitative estimate of drug-likeness (QED) is 0.343. The Labute approximate surface area is 190 Å². The van der Waals surface area contributed by atoms with E-state index >= 15 is 0 Å². The predicted octanol–water partition coefficient (Wildman–Crippen LogP) is 5.85. The van der Waals surface area contributed by atoms with Crippen molar-refractivity contribution in [1.29, 1.82) is 5.26 Å².